The van der Waals surface area contributed by atoms with Gasteiger partial charge >= 0.3 is 6.18 Å². The molecule has 1 fully saturated rings. The fourth-order valence-electron chi connectivity index (χ4n) is 4.81. The molecule has 5 rings (SSSR count). The number of alkyl halides is 3. The van der Waals surface area contributed by atoms with Crippen LogP contribution in [0.1, 0.15) is 45.7 Å². The number of nitrogens with one attached hydrogen (secondary N) is 1. The van der Waals surface area contributed by atoms with E-state index in [1.165, 1.54) is 18.0 Å². The average Bonchev–Trinajstić information content (AvgIpc) is 3.67. The van der Waals surface area contributed by atoms with Gasteiger partial charge in [-0.3, -0.25) is 19.4 Å². The summed E-state index contributed by atoms with van der Waals surface area (Å²) in [7, 11) is 3.21. The Hall–Kier alpha value is -4.26. The number of likely N-dealkylation sites (tertiary alicyclic amines) is 1. The predicted molar refractivity (Wildman–Crippen MR) is 141 cm³/mol. The van der Waals surface area contributed by atoms with Crippen LogP contribution >= 0.6 is 0 Å². The number of halogens is 3. The molecule has 210 valence electrons. The number of methoxy groups -OCH3 is 1. The molecule has 1 aliphatic rings. The van der Waals surface area contributed by atoms with E-state index in [9.17, 15) is 18.0 Å². The number of pyridine rings is 1. The van der Waals surface area contributed by atoms with E-state index in [1.807, 2.05) is 14.0 Å². The van der Waals surface area contributed by atoms with Gasteiger partial charge in [0.05, 0.1) is 47.7 Å². The van der Waals surface area contributed by atoms with E-state index in [0.717, 1.165) is 49.3 Å². The molecule has 40 heavy (non-hydrogen) atoms. The smallest absolute Gasteiger partial charge is 0.416 e. The molecule has 4 aromatic rings. The number of hydrogen-bond acceptors (Lipinski definition) is 7. The number of ether oxygens (including phenoxy) is 1. The van der Waals surface area contributed by atoms with E-state index >= 15 is 0 Å². The number of amides is 1. The highest BCUT2D eigenvalue weighted by Gasteiger charge is 2.33. The molecule has 0 bridgehead atoms. The molecule has 1 amide bonds. The predicted octanol–water partition coefficient (Wildman–Crippen LogP) is 4.56. The molecule has 0 atom stereocenters. The zero-order valence-electron chi connectivity index (χ0n) is 22.6. The SMILES string of the molecule is COc1c(CN2CCCC2)cc(C(F)(F)F)cc1NC(=O)c1cnc(C)c(-n2cc(-c3cnn(C)c3C)nn2)c1. The molecular weight excluding hydrogens is 525 g/mol. The van der Waals surface area contributed by atoms with Gasteiger partial charge in [-0.2, -0.15) is 18.3 Å². The van der Waals surface area contributed by atoms with Crippen molar-refractivity contribution in [2.45, 2.75) is 39.4 Å². The lowest BCUT2D eigenvalue weighted by Gasteiger charge is -2.21. The maximum Gasteiger partial charge on any atom is 0.416 e. The molecule has 13 heteroatoms. The monoisotopic (exact) mass is 554 g/mol. The van der Waals surface area contributed by atoms with Gasteiger partial charge in [0.2, 0.25) is 0 Å². The Labute approximate surface area is 228 Å². The topological polar surface area (TPSA) is 103 Å². The third-order valence-electron chi connectivity index (χ3n) is 7.11. The number of benzene rings is 1. The third kappa shape index (κ3) is 5.41. The van der Waals surface area contributed by atoms with Crippen molar-refractivity contribution in [1.29, 1.82) is 0 Å². The molecule has 1 aromatic carbocycles. The molecule has 4 heterocycles. The zero-order valence-corrected chi connectivity index (χ0v) is 22.6. The van der Waals surface area contributed by atoms with Crippen LogP contribution in [0.25, 0.3) is 16.9 Å². The van der Waals surface area contributed by atoms with Crippen LogP contribution in [-0.4, -0.2) is 60.8 Å². The third-order valence-corrected chi connectivity index (χ3v) is 7.11. The van der Waals surface area contributed by atoms with Crippen molar-refractivity contribution in [3.63, 3.8) is 0 Å². The summed E-state index contributed by atoms with van der Waals surface area (Å²) in [5.74, 6) is -0.441. The molecule has 3 aromatic heterocycles. The first-order chi connectivity index (χ1) is 19.0. The number of carbonyl (C=O) groups is 1. The summed E-state index contributed by atoms with van der Waals surface area (Å²) in [6.45, 7) is 5.55. The molecular formula is C27H29F3N8O2. The van der Waals surface area contributed by atoms with E-state index in [4.69, 9.17) is 4.74 Å². The van der Waals surface area contributed by atoms with E-state index in [0.29, 0.717) is 22.6 Å². The second-order valence-corrected chi connectivity index (χ2v) is 9.80. The Morgan fingerprint density at radius 1 is 1.12 bits per heavy atom. The van der Waals surface area contributed by atoms with Crippen molar-refractivity contribution < 1.29 is 22.7 Å². The second-order valence-electron chi connectivity index (χ2n) is 9.80. The molecule has 10 nitrogen and oxygen atoms in total. The molecule has 1 N–H and O–H groups in total. The second kappa shape index (κ2) is 10.7. The van der Waals surface area contributed by atoms with Gasteiger partial charge in [-0.15, -0.1) is 5.10 Å². The van der Waals surface area contributed by atoms with Crippen LogP contribution < -0.4 is 10.1 Å². The minimum Gasteiger partial charge on any atom is -0.494 e. The number of carbonyl (C=O) groups excluding carboxylic acids is 1. The zero-order chi connectivity index (χ0) is 28.6. The minimum atomic E-state index is -4.60. The lowest BCUT2D eigenvalue weighted by atomic mass is 10.1. The average molecular weight is 555 g/mol. The highest BCUT2D eigenvalue weighted by Crippen LogP contribution is 2.39. The summed E-state index contributed by atoms with van der Waals surface area (Å²) in [4.78, 5) is 19.7. The summed E-state index contributed by atoms with van der Waals surface area (Å²) in [6.07, 6.45) is 2.14. The van der Waals surface area contributed by atoms with Crippen molar-refractivity contribution in [2.75, 3.05) is 25.5 Å². The number of rotatable bonds is 7. The van der Waals surface area contributed by atoms with Crippen molar-refractivity contribution in [2.24, 2.45) is 7.05 Å². The van der Waals surface area contributed by atoms with Gasteiger partial charge in [-0.05, 0) is 58.0 Å². The summed E-state index contributed by atoms with van der Waals surface area (Å²) in [5.41, 5.74) is 2.98. The van der Waals surface area contributed by atoms with Gasteiger partial charge in [0.1, 0.15) is 11.4 Å². The lowest BCUT2D eigenvalue weighted by molar-refractivity contribution is -0.137. The van der Waals surface area contributed by atoms with Crippen LogP contribution in [-0.2, 0) is 19.8 Å². The van der Waals surface area contributed by atoms with Gasteiger partial charge in [0.15, 0.2) is 0 Å². The standard InChI is InChI=1S/C27H29F3N8O2/c1-16-24(38-15-23(34-35-38)21-13-32-36(3)17(21)2)10-18(12-31-16)26(39)33-22-11-20(27(28,29)30)9-19(25(22)40-4)14-37-7-5-6-8-37/h9-13,15H,5-8,14H2,1-4H3,(H,33,39). The summed E-state index contributed by atoms with van der Waals surface area (Å²) >= 11 is 0. The Morgan fingerprint density at radius 2 is 1.88 bits per heavy atom. The largest absolute Gasteiger partial charge is 0.494 e. The highest BCUT2D eigenvalue weighted by atomic mass is 19.4. The molecule has 0 spiro atoms. The molecule has 0 radical (unpaired) electrons. The van der Waals surface area contributed by atoms with Crippen molar-refractivity contribution >= 4 is 11.6 Å². The van der Waals surface area contributed by atoms with Crippen LogP contribution in [0, 0.1) is 13.8 Å². The number of anilines is 1. The van der Waals surface area contributed by atoms with E-state index < -0.39 is 17.6 Å². The van der Waals surface area contributed by atoms with Gasteiger partial charge in [-0.1, -0.05) is 5.21 Å². The fraction of sp³-hybridized carbons (Fsp3) is 0.370. The lowest BCUT2D eigenvalue weighted by Crippen LogP contribution is -2.21. The Bertz CT molecular complexity index is 1550. The maximum atomic E-state index is 13.8. The number of nitrogens with zero attached hydrogens (tertiary/aromatic N) is 7. The minimum absolute atomic E-state index is 0.0614. The van der Waals surface area contributed by atoms with Crippen molar-refractivity contribution in [1.82, 2.24) is 34.7 Å². The Morgan fingerprint density at radius 3 is 2.52 bits per heavy atom. The first-order valence-electron chi connectivity index (χ1n) is 12.7. The van der Waals surface area contributed by atoms with Crippen LogP contribution in [0.2, 0.25) is 0 Å². The number of aromatic nitrogens is 6. The van der Waals surface area contributed by atoms with Crippen LogP contribution in [0.5, 0.6) is 5.75 Å². The molecule has 1 aliphatic heterocycles. The van der Waals surface area contributed by atoms with E-state index in [-0.39, 0.29) is 23.5 Å². The van der Waals surface area contributed by atoms with Crippen LogP contribution in [0.4, 0.5) is 18.9 Å². The fourth-order valence-corrected chi connectivity index (χ4v) is 4.81. The van der Waals surface area contributed by atoms with Gasteiger partial charge in [0.25, 0.3) is 5.91 Å². The normalized spacial score (nSPS) is 14.1. The van der Waals surface area contributed by atoms with Gasteiger partial charge in [0, 0.05) is 36.6 Å². The maximum absolute atomic E-state index is 13.8. The molecule has 0 aliphatic carbocycles. The first kappa shape index (κ1) is 27.3. The molecule has 1 saturated heterocycles. The molecule has 0 saturated carbocycles. The van der Waals surface area contributed by atoms with Crippen molar-refractivity contribution in [3.05, 3.63) is 64.9 Å². The van der Waals surface area contributed by atoms with Crippen LogP contribution in [0.15, 0.2) is 36.8 Å². The number of hydrogen-bond donors (Lipinski definition) is 1. The molecule has 0 unspecified atom stereocenters. The quantitative estimate of drug-likeness (QED) is 0.357. The summed E-state index contributed by atoms with van der Waals surface area (Å²) in [6, 6.07) is 3.55. The first-order valence-corrected chi connectivity index (χ1v) is 12.7. The Balaban J connectivity index is 1.46. The number of aryl methyl sites for hydroxylation is 2. The summed E-state index contributed by atoms with van der Waals surface area (Å²) < 4.78 is 50.1. The van der Waals surface area contributed by atoms with Crippen molar-refractivity contribution in [3.8, 4) is 22.7 Å². The van der Waals surface area contributed by atoms with Gasteiger partial charge in [-0.25, -0.2) is 4.68 Å². The van der Waals surface area contributed by atoms with E-state index in [1.54, 1.807) is 30.1 Å². The van der Waals surface area contributed by atoms with Crippen LogP contribution in [0.3, 0.4) is 0 Å². The summed E-state index contributed by atoms with van der Waals surface area (Å²) in [5, 5.41) is 15.3. The highest BCUT2D eigenvalue weighted by molar-refractivity contribution is 6.05. The Kier molecular flexibility index (Phi) is 7.32. The van der Waals surface area contributed by atoms with Gasteiger partial charge < -0.3 is 10.1 Å². The van der Waals surface area contributed by atoms with E-state index in [2.05, 4.69) is 30.6 Å².